The third kappa shape index (κ3) is 1.02. The van der Waals surface area contributed by atoms with Crippen molar-refractivity contribution in [2.75, 3.05) is 0 Å². The maximum atomic E-state index is 13.3. The van der Waals surface area contributed by atoms with E-state index in [4.69, 9.17) is 0 Å². The highest BCUT2D eigenvalue weighted by atomic mass is 19.1. The zero-order chi connectivity index (χ0) is 11.3. The van der Waals surface area contributed by atoms with Gasteiger partial charge in [-0.05, 0) is 18.2 Å². The van der Waals surface area contributed by atoms with Gasteiger partial charge in [0, 0.05) is 6.20 Å². The van der Waals surface area contributed by atoms with Crippen LogP contribution in [0.15, 0.2) is 30.1 Å². The molecular formula is C11H7FN2O2. The second kappa shape index (κ2) is 2.91. The van der Waals surface area contributed by atoms with Crippen LogP contribution < -0.4 is 5.32 Å². The molecule has 1 aromatic rings. The van der Waals surface area contributed by atoms with Crippen molar-refractivity contribution in [3.63, 3.8) is 0 Å². The smallest absolute Gasteiger partial charge is 0.204 e. The number of ketones is 2. The van der Waals surface area contributed by atoms with E-state index in [1.54, 1.807) is 0 Å². The Balaban J connectivity index is 2.26. The van der Waals surface area contributed by atoms with Crippen molar-refractivity contribution in [3.05, 3.63) is 41.6 Å². The van der Waals surface area contributed by atoms with E-state index >= 15 is 0 Å². The Morgan fingerprint density at radius 3 is 2.81 bits per heavy atom. The molecule has 1 aliphatic carbocycles. The van der Waals surface area contributed by atoms with E-state index in [1.165, 1.54) is 29.0 Å². The summed E-state index contributed by atoms with van der Waals surface area (Å²) in [6.07, 6.45) is 3.89. The first-order valence-corrected chi connectivity index (χ1v) is 4.79. The van der Waals surface area contributed by atoms with Gasteiger partial charge >= 0.3 is 0 Å². The Labute approximate surface area is 90.1 Å². The maximum Gasteiger partial charge on any atom is 0.204 e. The molecule has 0 fully saturated rings. The number of fused-ring (bicyclic) bond motifs is 2. The molecule has 0 atom stereocenters. The van der Waals surface area contributed by atoms with Crippen molar-refractivity contribution in [2.24, 2.45) is 0 Å². The molecule has 2 heterocycles. The second-order valence-electron chi connectivity index (χ2n) is 3.62. The topological polar surface area (TPSA) is 51.1 Å². The quantitative estimate of drug-likeness (QED) is 0.649. The number of carbonyl (C=O) groups excluding carboxylic acids is 2. The lowest BCUT2D eigenvalue weighted by Crippen LogP contribution is -2.33. The fourth-order valence-electron chi connectivity index (χ4n) is 1.96. The number of nitrogens with one attached hydrogen (secondary N) is 1. The Bertz CT molecular complexity index is 581. The van der Waals surface area contributed by atoms with Gasteiger partial charge in [0.25, 0.3) is 0 Å². The van der Waals surface area contributed by atoms with E-state index in [-0.39, 0.29) is 35.3 Å². The molecule has 0 radical (unpaired) electrons. The highest BCUT2D eigenvalue weighted by molar-refractivity contribution is 6.32. The minimum Gasteiger partial charge on any atom is -0.374 e. The van der Waals surface area contributed by atoms with Gasteiger partial charge in [-0.15, -0.1) is 0 Å². The molecule has 0 unspecified atom stereocenters. The summed E-state index contributed by atoms with van der Waals surface area (Å²) in [5, 5.41) is 2.78. The van der Waals surface area contributed by atoms with Gasteiger partial charge in [-0.1, -0.05) is 0 Å². The lowest BCUT2D eigenvalue weighted by Gasteiger charge is -2.23. The minimum atomic E-state index is -0.381. The molecule has 4 nitrogen and oxygen atoms in total. The van der Waals surface area contributed by atoms with E-state index in [2.05, 4.69) is 5.32 Å². The molecule has 1 N–H and O–H groups in total. The molecule has 0 saturated heterocycles. The Morgan fingerprint density at radius 2 is 2.00 bits per heavy atom. The van der Waals surface area contributed by atoms with Gasteiger partial charge in [0.2, 0.25) is 11.6 Å². The standard InChI is InChI=1S/C11H7FN2O2/c12-6-3-4-14-7(6)5-13-10-8(15)1-2-9(16)11(10)14/h1-4,13H,5H2. The average Bonchev–Trinajstić information content (AvgIpc) is 2.66. The molecule has 1 aliphatic heterocycles. The zero-order valence-corrected chi connectivity index (χ0v) is 8.16. The highest BCUT2D eigenvalue weighted by Crippen LogP contribution is 2.25. The van der Waals surface area contributed by atoms with Gasteiger partial charge in [-0.3, -0.25) is 9.59 Å². The first-order valence-electron chi connectivity index (χ1n) is 4.79. The molecule has 0 spiro atoms. The van der Waals surface area contributed by atoms with Crippen LogP contribution in [0.3, 0.4) is 0 Å². The summed E-state index contributed by atoms with van der Waals surface area (Å²) in [5.74, 6) is -0.929. The SMILES string of the molecule is O=C1C=CC(=O)C2=C1NCc1c(F)ccn12. The van der Waals surface area contributed by atoms with Crippen LogP contribution in [-0.2, 0) is 16.1 Å². The van der Waals surface area contributed by atoms with E-state index in [1.807, 2.05) is 0 Å². The number of nitrogens with zero attached hydrogens (tertiary/aromatic N) is 1. The van der Waals surface area contributed by atoms with Crippen molar-refractivity contribution in [1.29, 1.82) is 0 Å². The van der Waals surface area contributed by atoms with Crippen LogP contribution in [0.1, 0.15) is 5.69 Å². The van der Waals surface area contributed by atoms with Crippen molar-refractivity contribution >= 4 is 17.3 Å². The molecule has 0 aromatic carbocycles. The third-order valence-electron chi connectivity index (χ3n) is 2.71. The summed E-state index contributed by atoms with van der Waals surface area (Å²) >= 11 is 0. The normalized spacial score (nSPS) is 18.3. The van der Waals surface area contributed by atoms with Gasteiger partial charge in [0.15, 0.2) is 0 Å². The van der Waals surface area contributed by atoms with Crippen LogP contribution in [0, 0.1) is 5.82 Å². The van der Waals surface area contributed by atoms with Crippen molar-refractivity contribution in [1.82, 2.24) is 9.88 Å². The van der Waals surface area contributed by atoms with Crippen molar-refractivity contribution < 1.29 is 14.0 Å². The van der Waals surface area contributed by atoms with Gasteiger partial charge in [-0.25, -0.2) is 4.39 Å². The predicted octanol–water partition coefficient (Wildman–Crippen LogP) is 0.607. The molecule has 3 rings (SSSR count). The Hall–Kier alpha value is -2.17. The second-order valence-corrected chi connectivity index (χ2v) is 3.62. The van der Waals surface area contributed by atoms with Crippen LogP contribution in [-0.4, -0.2) is 16.1 Å². The molecule has 0 bridgehead atoms. The zero-order valence-electron chi connectivity index (χ0n) is 8.16. The summed E-state index contributed by atoms with van der Waals surface area (Å²) < 4.78 is 14.8. The fraction of sp³-hybridized carbons (Fsp3) is 0.0909. The number of halogens is 1. The van der Waals surface area contributed by atoms with Crippen LogP contribution in [0.25, 0.3) is 5.70 Å². The molecule has 0 saturated carbocycles. The number of aromatic nitrogens is 1. The van der Waals surface area contributed by atoms with E-state index < -0.39 is 0 Å². The average molecular weight is 218 g/mol. The number of hydrogen-bond acceptors (Lipinski definition) is 3. The van der Waals surface area contributed by atoms with E-state index in [9.17, 15) is 14.0 Å². The first kappa shape index (κ1) is 9.08. The highest BCUT2D eigenvalue weighted by Gasteiger charge is 2.29. The van der Waals surface area contributed by atoms with E-state index in [0.717, 1.165) is 0 Å². The monoisotopic (exact) mass is 218 g/mol. The third-order valence-corrected chi connectivity index (χ3v) is 2.71. The Kier molecular flexibility index (Phi) is 1.65. The fourth-order valence-corrected chi connectivity index (χ4v) is 1.96. The maximum absolute atomic E-state index is 13.3. The van der Waals surface area contributed by atoms with Crippen molar-refractivity contribution in [3.8, 4) is 0 Å². The molecule has 0 amide bonds. The van der Waals surface area contributed by atoms with Gasteiger partial charge in [-0.2, -0.15) is 0 Å². The summed E-state index contributed by atoms with van der Waals surface area (Å²) in [5.41, 5.74) is 0.823. The summed E-state index contributed by atoms with van der Waals surface area (Å²) in [6, 6.07) is 1.28. The van der Waals surface area contributed by atoms with Crippen LogP contribution >= 0.6 is 0 Å². The summed E-state index contributed by atoms with van der Waals surface area (Å²) in [4.78, 5) is 23.2. The lowest BCUT2D eigenvalue weighted by atomic mass is 10.0. The summed E-state index contributed by atoms with van der Waals surface area (Å²) in [6.45, 7) is 0.213. The van der Waals surface area contributed by atoms with Crippen molar-refractivity contribution in [2.45, 2.75) is 6.54 Å². The molecule has 1 aromatic heterocycles. The molecule has 16 heavy (non-hydrogen) atoms. The largest absolute Gasteiger partial charge is 0.374 e. The van der Waals surface area contributed by atoms with Gasteiger partial charge < -0.3 is 9.88 Å². The molecule has 5 heteroatoms. The Morgan fingerprint density at radius 1 is 1.25 bits per heavy atom. The van der Waals surface area contributed by atoms with E-state index in [0.29, 0.717) is 5.69 Å². The number of allylic oxidation sites excluding steroid dienone is 3. The molecule has 80 valence electrons. The predicted molar refractivity (Wildman–Crippen MR) is 53.6 cm³/mol. The van der Waals surface area contributed by atoms with Crippen LogP contribution in [0.5, 0.6) is 0 Å². The summed E-state index contributed by atoms with van der Waals surface area (Å²) in [7, 11) is 0. The molecular weight excluding hydrogens is 211 g/mol. The lowest BCUT2D eigenvalue weighted by molar-refractivity contribution is -0.114. The number of carbonyl (C=O) groups is 2. The van der Waals surface area contributed by atoms with Gasteiger partial charge in [0.1, 0.15) is 17.2 Å². The number of rotatable bonds is 0. The van der Waals surface area contributed by atoms with Gasteiger partial charge in [0.05, 0.1) is 12.2 Å². The van der Waals surface area contributed by atoms with Crippen LogP contribution in [0.2, 0.25) is 0 Å². The van der Waals surface area contributed by atoms with Crippen LogP contribution in [0.4, 0.5) is 4.39 Å². The number of hydrogen-bond donors (Lipinski definition) is 1. The molecule has 2 aliphatic rings. The minimum absolute atomic E-state index is 0.206. The first-order chi connectivity index (χ1) is 7.68.